The van der Waals surface area contributed by atoms with Crippen LogP contribution in [-0.4, -0.2) is 39.3 Å². The Morgan fingerprint density at radius 2 is 2.10 bits per heavy atom. The maximum atomic E-state index is 12.5. The second-order valence-corrected chi connectivity index (χ2v) is 8.12. The summed E-state index contributed by atoms with van der Waals surface area (Å²) in [5.41, 5.74) is 0. The highest BCUT2D eigenvalue weighted by atomic mass is 32.2. The first kappa shape index (κ1) is 14.3. The van der Waals surface area contributed by atoms with Crippen LogP contribution < -0.4 is 0 Å². The Balaban J connectivity index is 1.58. The molecule has 6 heteroatoms. The van der Waals surface area contributed by atoms with Gasteiger partial charge in [0, 0.05) is 12.6 Å². The highest BCUT2D eigenvalue weighted by Gasteiger charge is 2.35. The highest BCUT2D eigenvalue weighted by Crippen LogP contribution is 2.35. The zero-order chi connectivity index (χ0) is 13.9. The van der Waals surface area contributed by atoms with E-state index in [9.17, 15) is 4.79 Å². The van der Waals surface area contributed by atoms with Crippen molar-refractivity contribution in [2.75, 3.05) is 12.3 Å². The summed E-state index contributed by atoms with van der Waals surface area (Å²) in [7, 11) is 0. The minimum Gasteiger partial charge on any atom is -0.339 e. The normalized spacial score (nSPS) is 26.4. The highest BCUT2D eigenvalue weighted by molar-refractivity contribution is 8.01. The molecule has 1 saturated carbocycles. The molecular weight excluding hydrogens is 290 g/mol. The molecule has 1 aliphatic carbocycles. The first-order valence-electron chi connectivity index (χ1n) is 7.46. The van der Waals surface area contributed by atoms with Crippen molar-refractivity contribution in [1.82, 2.24) is 15.1 Å². The lowest BCUT2D eigenvalue weighted by molar-refractivity contribution is -0.134. The summed E-state index contributed by atoms with van der Waals surface area (Å²) >= 11 is 3.11. The number of thioether (sulfide) groups is 1. The summed E-state index contributed by atoms with van der Waals surface area (Å²) in [4.78, 5) is 14.7. The first-order valence-corrected chi connectivity index (χ1v) is 9.26. The van der Waals surface area contributed by atoms with Gasteiger partial charge in [-0.2, -0.15) is 0 Å². The van der Waals surface area contributed by atoms with Crippen molar-refractivity contribution in [3.05, 3.63) is 5.01 Å². The second kappa shape index (κ2) is 6.43. The van der Waals surface area contributed by atoms with E-state index in [0.717, 1.165) is 21.8 Å². The number of piperidine rings is 1. The van der Waals surface area contributed by atoms with E-state index in [1.165, 1.54) is 50.3 Å². The number of hydrogen-bond acceptors (Lipinski definition) is 5. The monoisotopic (exact) mass is 311 g/mol. The molecule has 2 unspecified atom stereocenters. The van der Waals surface area contributed by atoms with E-state index in [2.05, 4.69) is 15.1 Å². The zero-order valence-corrected chi connectivity index (χ0v) is 13.5. The van der Waals surface area contributed by atoms with Crippen molar-refractivity contribution in [3.8, 4) is 0 Å². The van der Waals surface area contributed by atoms with Crippen LogP contribution in [0.4, 0.5) is 0 Å². The van der Waals surface area contributed by atoms with Gasteiger partial charge in [0.1, 0.15) is 5.01 Å². The van der Waals surface area contributed by atoms with Gasteiger partial charge in [0.15, 0.2) is 4.34 Å². The van der Waals surface area contributed by atoms with Gasteiger partial charge in [0.2, 0.25) is 5.91 Å². The predicted octanol–water partition coefficient (Wildman–Crippen LogP) is 3.12. The molecular formula is C14H21N3OS2. The average Bonchev–Trinajstić information content (AvgIpc) is 2.90. The smallest absolute Gasteiger partial charge is 0.233 e. The Morgan fingerprint density at radius 1 is 1.30 bits per heavy atom. The van der Waals surface area contributed by atoms with Crippen molar-refractivity contribution in [3.63, 3.8) is 0 Å². The Hall–Kier alpha value is -0.620. The van der Waals surface area contributed by atoms with Crippen LogP contribution >= 0.6 is 23.1 Å². The number of hydrogen-bond donors (Lipinski definition) is 0. The van der Waals surface area contributed by atoms with E-state index < -0.39 is 0 Å². The number of carbonyl (C=O) groups excluding carboxylic acids is 1. The fraction of sp³-hybridized carbons (Fsp3) is 0.786. The molecule has 0 bridgehead atoms. The summed E-state index contributed by atoms with van der Waals surface area (Å²) in [6, 6.07) is 0.516. The fourth-order valence-electron chi connectivity index (χ4n) is 3.48. The standard InChI is InChI=1S/C14H21N3OS2/c1-10-15-16-14(20-10)19-9-13(18)17-8-4-6-11-5-2-3-7-12(11)17/h11-12H,2-9H2,1H3. The maximum Gasteiger partial charge on any atom is 0.233 e. The molecule has 2 heterocycles. The maximum absolute atomic E-state index is 12.5. The van der Waals surface area contributed by atoms with Crippen LogP contribution in [0, 0.1) is 12.8 Å². The van der Waals surface area contributed by atoms with Crippen LogP contribution in [-0.2, 0) is 4.79 Å². The van der Waals surface area contributed by atoms with Crippen LogP contribution in [0.3, 0.4) is 0 Å². The van der Waals surface area contributed by atoms with Crippen molar-refractivity contribution in [2.24, 2.45) is 5.92 Å². The minimum atomic E-state index is 0.291. The molecule has 0 spiro atoms. The topological polar surface area (TPSA) is 46.1 Å². The van der Waals surface area contributed by atoms with Gasteiger partial charge in [-0.05, 0) is 38.5 Å². The number of aromatic nitrogens is 2. The number of rotatable bonds is 3. The van der Waals surface area contributed by atoms with Crippen LogP contribution in [0.5, 0.6) is 0 Å². The summed E-state index contributed by atoms with van der Waals surface area (Å²) in [6.07, 6.45) is 7.65. The molecule has 0 N–H and O–H groups in total. The van der Waals surface area contributed by atoms with Crippen molar-refractivity contribution < 1.29 is 4.79 Å². The summed E-state index contributed by atoms with van der Waals surface area (Å²) < 4.78 is 0.910. The molecule has 4 nitrogen and oxygen atoms in total. The molecule has 1 aromatic heterocycles. The molecule has 20 heavy (non-hydrogen) atoms. The summed E-state index contributed by atoms with van der Waals surface area (Å²) in [5.74, 6) is 1.56. The van der Waals surface area contributed by atoms with Gasteiger partial charge in [0.05, 0.1) is 5.75 Å². The summed E-state index contributed by atoms with van der Waals surface area (Å²) in [6.45, 7) is 2.90. The molecule has 0 radical (unpaired) electrons. The van der Waals surface area contributed by atoms with Crippen LogP contribution in [0.25, 0.3) is 0 Å². The SMILES string of the molecule is Cc1nnc(SCC(=O)N2CCCC3CCCCC32)s1. The third kappa shape index (κ3) is 3.17. The van der Waals surface area contributed by atoms with E-state index in [-0.39, 0.29) is 0 Å². The molecule has 1 saturated heterocycles. The van der Waals surface area contributed by atoms with Gasteiger partial charge < -0.3 is 4.90 Å². The average molecular weight is 311 g/mol. The number of aryl methyl sites for hydroxylation is 1. The third-order valence-electron chi connectivity index (χ3n) is 4.39. The zero-order valence-electron chi connectivity index (χ0n) is 11.9. The molecule has 0 aromatic carbocycles. The molecule has 110 valence electrons. The van der Waals surface area contributed by atoms with Crippen LogP contribution in [0.1, 0.15) is 43.5 Å². The fourth-order valence-corrected chi connectivity index (χ4v) is 5.18. The molecule has 3 rings (SSSR count). The van der Waals surface area contributed by atoms with Gasteiger partial charge in [-0.25, -0.2) is 0 Å². The number of nitrogens with zero attached hydrogens (tertiary/aromatic N) is 3. The lowest BCUT2D eigenvalue weighted by Crippen LogP contribution is -2.50. The summed E-state index contributed by atoms with van der Waals surface area (Å²) in [5, 5.41) is 9.03. The number of fused-ring (bicyclic) bond motifs is 1. The van der Waals surface area contributed by atoms with Crippen LogP contribution in [0.2, 0.25) is 0 Å². The van der Waals surface area contributed by atoms with Crippen molar-refractivity contribution in [1.29, 1.82) is 0 Å². The van der Waals surface area contributed by atoms with E-state index >= 15 is 0 Å². The van der Waals surface area contributed by atoms with Crippen LogP contribution in [0.15, 0.2) is 4.34 Å². The third-order valence-corrected chi connectivity index (χ3v) is 6.35. The Labute approximate surface area is 128 Å². The number of amides is 1. The van der Waals surface area contributed by atoms with Gasteiger partial charge in [0.25, 0.3) is 0 Å². The molecule has 1 aromatic rings. The lowest BCUT2D eigenvalue weighted by atomic mass is 9.78. The van der Waals surface area contributed by atoms with E-state index in [1.807, 2.05) is 6.92 Å². The van der Waals surface area contributed by atoms with Gasteiger partial charge in [-0.3, -0.25) is 4.79 Å². The number of likely N-dealkylation sites (tertiary alicyclic amines) is 1. The molecule has 1 aliphatic heterocycles. The quantitative estimate of drug-likeness (QED) is 0.805. The minimum absolute atomic E-state index is 0.291. The van der Waals surface area contributed by atoms with Crippen molar-refractivity contribution in [2.45, 2.75) is 55.8 Å². The second-order valence-electron chi connectivity index (χ2n) is 5.72. The number of carbonyl (C=O) groups is 1. The molecule has 1 amide bonds. The lowest BCUT2D eigenvalue weighted by Gasteiger charge is -2.44. The van der Waals surface area contributed by atoms with E-state index in [0.29, 0.717) is 17.7 Å². The molecule has 2 atom stereocenters. The van der Waals surface area contributed by atoms with Gasteiger partial charge >= 0.3 is 0 Å². The molecule has 2 fully saturated rings. The molecule has 2 aliphatic rings. The van der Waals surface area contributed by atoms with Gasteiger partial charge in [-0.1, -0.05) is 35.9 Å². The first-order chi connectivity index (χ1) is 9.74. The predicted molar refractivity (Wildman–Crippen MR) is 82.1 cm³/mol. The largest absolute Gasteiger partial charge is 0.339 e. The van der Waals surface area contributed by atoms with E-state index in [4.69, 9.17) is 0 Å². The van der Waals surface area contributed by atoms with Gasteiger partial charge in [-0.15, -0.1) is 10.2 Å². The van der Waals surface area contributed by atoms with Crippen molar-refractivity contribution >= 4 is 29.0 Å². The Bertz CT molecular complexity index is 475. The Morgan fingerprint density at radius 3 is 2.90 bits per heavy atom. The van der Waals surface area contributed by atoms with E-state index in [1.54, 1.807) is 11.3 Å². The Kier molecular flexibility index (Phi) is 4.61.